The van der Waals surface area contributed by atoms with Gasteiger partial charge in [-0.15, -0.1) is 12.4 Å². The van der Waals surface area contributed by atoms with Crippen LogP contribution in [-0.2, 0) is 6.54 Å². The summed E-state index contributed by atoms with van der Waals surface area (Å²) in [4.78, 5) is 2.52. The Balaban J connectivity index is 0.00000341. The summed E-state index contributed by atoms with van der Waals surface area (Å²) >= 11 is 0. The number of para-hydroxylation sites is 1. The number of piperidine rings is 1. The van der Waals surface area contributed by atoms with Crippen LogP contribution in [0.4, 0.5) is 8.78 Å². The first-order valence-electron chi connectivity index (χ1n) is 11.1. The lowest BCUT2D eigenvalue weighted by atomic mass is 9.89. The molecular formula is C25H35ClF2N2O. The van der Waals surface area contributed by atoms with E-state index in [2.05, 4.69) is 40.5 Å². The fourth-order valence-electron chi connectivity index (χ4n) is 4.47. The molecule has 0 saturated carbocycles. The van der Waals surface area contributed by atoms with Crippen LogP contribution in [0.5, 0.6) is 5.75 Å². The fraction of sp³-hybridized carbons (Fsp3) is 0.520. The molecule has 1 heterocycles. The minimum atomic E-state index is -1.31. The Morgan fingerprint density at radius 3 is 2.58 bits per heavy atom. The number of likely N-dealkylation sites (tertiary alicyclic amines) is 1. The number of ether oxygens (including phenoxy) is 1. The fourth-order valence-corrected chi connectivity index (χ4v) is 4.47. The number of methoxy groups -OCH3 is 1. The number of halogens is 3. The van der Waals surface area contributed by atoms with Crippen LogP contribution >= 0.6 is 12.4 Å². The molecule has 0 aliphatic carbocycles. The number of rotatable bonds is 11. The Hall–Kier alpha value is -1.69. The highest BCUT2D eigenvalue weighted by molar-refractivity contribution is 5.85. The number of hydrogen-bond donors (Lipinski definition) is 1. The normalized spacial score (nSPS) is 20.1. The van der Waals surface area contributed by atoms with Crippen LogP contribution in [0.1, 0.15) is 49.3 Å². The third-order valence-electron chi connectivity index (χ3n) is 6.00. The second-order valence-electron chi connectivity index (χ2n) is 8.08. The minimum Gasteiger partial charge on any atom is -0.496 e. The maximum absolute atomic E-state index is 13.2. The maximum atomic E-state index is 13.2. The molecule has 0 radical (unpaired) electrons. The van der Waals surface area contributed by atoms with Crippen LogP contribution in [0.15, 0.2) is 54.6 Å². The third kappa shape index (κ3) is 7.44. The van der Waals surface area contributed by atoms with Crippen LogP contribution < -0.4 is 10.1 Å². The van der Waals surface area contributed by atoms with Gasteiger partial charge < -0.3 is 10.1 Å². The SMILES string of the molecule is COc1ccccc1CNC1CCCN(CCCCC(F)CF)C1c1ccccc1.Cl. The zero-order chi connectivity index (χ0) is 21.2. The predicted octanol–water partition coefficient (Wildman–Crippen LogP) is 5.89. The molecule has 31 heavy (non-hydrogen) atoms. The zero-order valence-electron chi connectivity index (χ0n) is 18.3. The highest BCUT2D eigenvalue weighted by atomic mass is 35.5. The first-order valence-corrected chi connectivity index (χ1v) is 11.1. The Kier molecular flexibility index (Phi) is 11.3. The molecule has 6 heteroatoms. The average molecular weight is 453 g/mol. The van der Waals surface area contributed by atoms with E-state index in [0.29, 0.717) is 12.5 Å². The second kappa shape index (κ2) is 13.7. The molecule has 0 amide bonds. The molecule has 1 saturated heterocycles. The monoisotopic (exact) mass is 452 g/mol. The van der Waals surface area contributed by atoms with E-state index >= 15 is 0 Å². The van der Waals surface area contributed by atoms with E-state index in [1.54, 1.807) is 7.11 Å². The smallest absolute Gasteiger partial charge is 0.128 e. The highest BCUT2D eigenvalue weighted by Crippen LogP contribution is 2.32. The third-order valence-corrected chi connectivity index (χ3v) is 6.00. The topological polar surface area (TPSA) is 24.5 Å². The van der Waals surface area contributed by atoms with Gasteiger partial charge in [-0.05, 0) is 56.8 Å². The first-order chi connectivity index (χ1) is 14.7. The lowest BCUT2D eigenvalue weighted by Crippen LogP contribution is -2.48. The van der Waals surface area contributed by atoms with E-state index in [1.165, 1.54) is 5.56 Å². The number of benzene rings is 2. The van der Waals surface area contributed by atoms with Crippen LogP contribution in [-0.4, -0.2) is 44.0 Å². The molecule has 0 bridgehead atoms. The van der Waals surface area contributed by atoms with Crippen molar-refractivity contribution in [2.45, 2.75) is 56.9 Å². The molecule has 0 aromatic heterocycles. The Bertz CT molecular complexity index is 749. The van der Waals surface area contributed by atoms with E-state index in [9.17, 15) is 8.78 Å². The number of nitrogens with zero attached hydrogens (tertiary/aromatic N) is 1. The first kappa shape index (κ1) is 25.6. The van der Waals surface area contributed by atoms with E-state index < -0.39 is 12.8 Å². The van der Waals surface area contributed by atoms with Gasteiger partial charge in [-0.2, -0.15) is 0 Å². The van der Waals surface area contributed by atoms with Crippen LogP contribution in [0, 0.1) is 0 Å². The van der Waals surface area contributed by atoms with Gasteiger partial charge in [0.1, 0.15) is 18.6 Å². The van der Waals surface area contributed by atoms with Crippen molar-refractivity contribution in [2.24, 2.45) is 0 Å². The molecule has 3 atom stereocenters. The van der Waals surface area contributed by atoms with Crippen molar-refractivity contribution in [1.82, 2.24) is 10.2 Å². The quantitative estimate of drug-likeness (QED) is 0.430. The van der Waals surface area contributed by atoms with Gasteiger partial charge >= 0.3 is 0 Å². The molecular weight excluding hydrogens is 418 g/mol. The molecule has 2 aromatic rings. The van der Waals surface area contributed by atoms with Gasteiger partial charge in [-0.25, -0.2) is 8.78 Å². The summed E-state index contributed by atoms with van der Waals surface area (Å²) in [6, 6.07) is 19.3. The molecule has 1 N–H and O–H groups in total. The van der Waals surface area contributed by atoms with E-state index in [-0.39, 0.29) is 18.4 Å². The largest absolute Gasteiger partial charge is 0.496 e. The number of nitrogens with one attached hydrogen (secondary N) is 1. The number of hydrogen-bond acceptors (Lipinski definition) is 3. The van der Waals surface area contributed by atoms with Crippen molar-refractivity contribution in [2.75, 3.05) is 26.9 Å². The summed E-state index contributed by atoms with van der Waals surface area (Å²) in [5.41, 5.74) is 2.46. The summed E-state index contributed by atoms with van der Waals surface area (Å²) < 4.78 is 31.1. The molecule has 1 aliphatic rings. The summed E-state index contributed by atoms with van der Waals surface area (Å²) in [5.74, 6) is 0.905. The Morgan fingerprint density at radius 2 is 1.84 bits per heavy atom. The van der Waals surface area contributed by atoms with Crippen molar-refractivity contribution in [3.8, 4) is 5.75 Å². The summed E-state index contributed by atoms with van der Waals surface area (Å²) in [6.07, 6.45) is 2.86. The molecule has 2 aromatic carbocycles. The van der Waals surface area contributed by atoms with Crippen LogP contribution in [0.2, 0.25) is 0 Å². The van der Waals surface area contributed by atoms with E-state index in [0.717, 1.165) is 56.6 Å². The Morgan fingerprint density at radius 1 is 1.10 bits per heavy atom. The van der Waals surface area contributed by atoms with Crippen molar-refractivity contribution in [1.29, 1.82) is 0 Å². The Labute approximate surface area is 191 Å². The highest BCUT2D eigenvalue weighted by Gasteiger charge is 2.32. The van der Waals surface area contributed by atoms with Crippen molar-refractivity contribution in [3.63, 3.8) is 0 Å². The van der Waals surface area contributed by atoms with Gasteiger partial charge in [0.15, 0.2) is 0 Å². The van der Waals surface area contributed by atoms with Gasteiger partial charge in [0, 0.05) is 18.2 Å². The van der Waals surface area contributed by atoms with Crippen molar-refractivity contribution >= 4 is 12.4 Å². The van der Waals surface area contributed by atoms with Gasteiger partial charge in [0.25, 0.3) is 0 Å². The molecule has 3 nitrogen and oxygen atoms in total. The van der Waals surface area contributed by atoms with Gasteiger partial charge in [0.05, 0.1) is 13.2 Å². The van der Waals surface area contributed by atoms with Crippen LogP contribution in [0.25, 0.3) is 0 Å². The molecule has 172 valence electrons. The predicted molar refractivity (Wildman–Crippen MR) is 126 cm³/mol. The van der Waals surface area contributed by atoms with Gasteiger partial charge in [-0.1, -0.05) is 48.5 Å². The summed E-state index contributed by atoms with van der Waals surface area (Å²) in [5, 5.41) is 3.78. The van der Waals surface area contributed by atoms with E-state index in [1.807, 2.05) is 24.3 Å². The lowest BCUT2D eigenvalue weighted by molar-refractivity contribution is 0.107. The van der Waals surface area contributed by atoms with Gasteiger partial charge in [-0.3, -0.25) is 4.90 Å². The molecule has 3 unspecified atom stereocenters. The minimum absolute atomic E-state index is 0. The average Bonchev–Trinajstić information content (AvgIpc) is 2.81. The van der Waals surface area contributed by atoms with Gasteiger partial charge in [0.2, 0.25) is 0 Å². The van der Waals surface area contributed by atoms with Crippen molar-refractivity contribution < 1.29 is 13.5 Å². The summed E-state index contributed by atoms with van der Waals surface area (Å²) in [6.45, 7) is 1.83. The lowest BCUT2D eigenvalue weighted by Gasteiger charge is -2.42. The van der Waals surface area contributed by atoms with Crippen LogP contribution in [0.3, 0.4) is 0 Å². The van der Waals surface area contributed by atoms with E-state index in [4.69, 9.17) is 4.74 Å². The molecule has 3 rings (SSSR count). The molecule has 1 aliphatic heterocycles. The summed E-state index contributed by atoms with van der Waals surface area (Å²) in [7, 11) is 1.71. The number of alkyl halides is 2. The van der Waals surface area contributed by atoms with Crippen molar-refractivity contribution in [3.05, 3.63) is 65.7 Å². The second-order valence-corrected chi connectivity index (χ2v) is 8.08. The molecule has 1 fully saturated rings. The maximum Gasteiger partial charge on any atom is 0.128 e. The molecule has 0 spiro atoms. The number of unbranched alkanes of at least 4 members (excludes halogenated alkanes) is 1. The standard InChI is InChI=1S/C25H34F2N2O.ClH/c1-30-24-15-6-5-12-21(24)19-28-23-14-9-17-29(16-8-7-13-22(27)18-26)25(23)20-10-3-2-4-11-20;/h2-6,10-12,15,22-23,25,28H,7-9,13-14,16-19H2,1H3;1H. The zero-order valence-corrected chi connectivity index (χ0v) is 19.1.